The third-order valence-corrected chi connectivity index (χ3v) is 0.730. The van der Waals surface area contributed by atoms with E-state index in [0.29, 0.717) is 0 Å². The van der Waals surface area contributed by atoms with Gasteiger partial charge in [-0.3, -0.25) is 4.52 Å². The summed E-state index contributed by atoms with van der Waals surface area (Å²) < 4.78 is 36.2. The monoisotopic (exact) mass is 166 g/mol. The minimum Gasteiger partial charge on any atom is -1.00 e. The Kier molecular flexibility index (Phi) is 12.5. The van der Waals surface area contributed by atoms with Crippen molar-refractivity contribution in [3.05, 3.63) is 0 Å². The van der Waals surface area contributed by atoms with Gasteiger partial charge in [0, 0.05) is 0 Å². The van der Waals surface area contributed by atoms with E-state index in [2.05, 4.69) is 4.52 Å². The van der Waals surface area contributed by atoms with Crippen LogP contribution in [0.25, 0.3) is 0 Å². The molecule has 0 rings (SSSR count). The molecule has 50 valence electrons. The molecule has 6 heteroatoms. The predicted octanol–water partition coefficient (Wildman–Crippen LogP) is -1.37. The van der Waals surface area contributed by atoms with Crippen LogP contribution in [0.2, 0.25) is 0 Å². The summed E-state index contributed by atoms with van der Waals surface area (Å²) in [6.45, 7) is -1.53. The molecule has 0 spiro atoms. The van der Waals surface area contributed by atoms with Crippen molar-refractivity contribution in [3.63, 3.8) is 0 Å². The van der Waals surface area contributed by atoms with Crippen molar-refractivity contribution in [2.24, 2.45) is 0 Å². The van der Waals surface area contributed by atoms with Crippen LogP contribution >= 0.6 is 8.69 Å². The molecule has 0 heterocycles. The number of hydrogen-bond donors (Lipinski definition) is 0. The van der Waals surface area contributed by atoms with Gasteiger partial charge < -0.3 is 1.43 Å². The van der Waals surface area contributed by atoms with Gasteiger partial charge in [-0.05, 0) is 0 Å². The molecular weight excluding hydrogens is 160 g/mol. The Morgan fingerprint density at radius 3 is 2.67 bits per heavy atom. The van der Waals surface area contributed by atoms with Gasteiger partial charge in [-0.1, -0.05) is 0 Å². The molecule has 2 nitrogen and oxygen atoms in total. The Morgan fingerprint density at radius 1 is 1.78 bits per heavy atom. The van der Waals surface area contributed by atoms with Crippen LogP contribution in [0.4, 0.5) is 8.78 Å². The van der Waals surface area contributed by atoms with Crippen LogP contribution in [0.5, 0.6) is 0 Å². The Bertz CT molecular complexity index is 79.5. The first kappa shape index (κ1) is 12.6. The fraction of sp³-hybridized carbons (Fsp3) is 1.00. The van der Waals surface area contributed by atoms with E-state index >= 15 is 0 Å². The molecule has 0 amide bonds. The molecular formula is C3H6F2NaO2P. The molecule has 1 atom stereocenters. The summed E-state index contributed by atoms with van der Waals surface area (Å²) >= 11 is 0. The molecule has 0 radical (unpaired) electrons. The second kappa shape index (κ2) is 8.92. The summed E-state index contributed by atoms with van der Waals surface area (Å²) in [6.07, 6.45) is -1.64. The van der Waals surface area contributed by atoms with Gasteiger partial charge in [-0.2, -0.15) is 0 Å². The summed E-state index contributed by atoms with van der Waals surface area (Å²) in [7, 11) is -0.607. The SMILES string of the molecule is O=POCC(F)CF.[H-].[Na+]. The standard InChI is InChI=1S/C3H5F2O2P.Na.H/c4-1-3(5)2-7-8-6;;/h3H,1-2H2;;/q;+1;-1. The smallest absolute Gasteiger partial charge is 1.00 e. The zero-order valence-electron chi connectivity index (χ0n) is 6.01. The number of rotatable bonds is 4. The fourth-order valence-electron chi connectivity index (χ4n) is 0.156. The maximum absolute atomic E-state index is 11.7. The molecule has 0 aromatic carbocycles. The predicted molar refractivity (Wildman–Crippen MR) is 25.5 cm³/mol. The van der Waals surface area contributed by atoms with Gasteiger partial charge in [0.2, 0.25) is 0 Å². The summed E-state index contributed by atoms with van der Waals surface area (Å²) in [5.41, 5.74) is 0. The van der Waals surface area contributed by atoms with Crippen molar-refractivity contribution in [1.29, 1.82) is 0 Å². The van der Waals surface area contributed by atoms with E-state index in [1.807, 2.05) is 0 Å². The summed E-state index contributed by atoms with van der Waals surface area (Å²) in [4.78, 5) is 0. The van der Waals surface area contributed by atoms with E-state index in [9.17, 15) is 13.3 Å². The second-order valence-electron chi connectivity index (χ2n) is 1.12. The van der Waals surface area contributed by atoms with E-state index in [-0.39, 0.29) is 31.0 Å². The van der Waals surface area contributed by atoms with Gasteiger partial charge in [0.05, 0.1) is 6.61 Å². The van der Waals surface area contributed by atoms with E-state index < -0.39 is 28.1 Å². The van der Waals surface area contributed by atoms with Gasteiger partial charge in [-0.15, -0.1) is 0 Å². The van der Waals surface area contributed by atoms with Crippen molar-refractivity contribution < 1.29 is 48.9 Å². The molecule has 0 saturated heterocycles. The molecule has 0 aromatic heterocycles. The summed E-state index contributed by atoms with van der Waals surface area (Å²) in [6, 6.07) is 0. The molecule has 0 aromatic rings. The van der Waals surface area contributed by atoms with E-state index in [0.717, 1.165) is 0 Å². The van der Waals surface area contributed by atoms with Crippen LogP contribution in [-0.4, -0.2) is 19.5 Å². The largest absolute Gasteiger partial charge is 1.00 e. The van der Waals surface area contributed by atoms with Crippen molar-refractivity contribution >= 4 is 8.69 Å². The first-order valence-electron chi connectivity index (χ1n) is 1.96. The zero-order valence-corrected chi connectivity index (χ0v) is 7.91. The first-order chi connectivity index (χ1) is 3.81. The minimum atomic E-state index is -1.64. The van der Waals surface area contributed by atoms with Crippen LogP contribution in [0.1, 0.15) is 1.43 Å². The molecule has 0 aliphatic carbocycles. The average molecular weight is 166 g/mol. The molecule has 0 aliphatic rings. The van der Waals surface area contributed by atoms with Crippen LogP contribution in [0, 0.1) is 0 Å². The van der Waals surface area contributed by atoms with Crippen LogP contribution in [0.15, 0.2) is 0 Å². The van der Waals surface area contributed by atoms with Crippen molar-refractivity contribution in [3.8, 4) is 0 Å². The Balaban J connectivity index is -0.000000245. The topological polar surface area (TPSA) is 26.3 Å². The summed E-state index contributed by atoms with van der Waals surface area (Å²) in [5.74, 6) is 0. The molecule has 1 unspecified atom stereocenters. The molecule has 0 saturated carbocycles. The normalized spacial score (nSPS) is 12.7. The maximum atomic E-state index is 11.7. The average Bonchev–Trinajstić information content (AvgIpc) is 1.83. The van der Waals surface area contributed by atoms with Gasteiger partial charge in [0.25, 0.3) is 0 Å². The molecule has 0 fully saturated rings. The summed E-state index contributed by atoms with van der Waals surface area (Å²) in [5, 5.41) is 0. The van der Waals surface area contributed by atoms with Gasteiger partial charge in [0.1, 0.15) is 6.67 Å². The zero-order chi connectivity index (χ0) is 6.41. The number of hydrogen-bond acceptors (Lipinski definition) is 2. The van der Waals surface area contributed by atoms with Crippen molar-refractivity contribution in [2.45, 2.75) is 6.17 Å². The van der Waals surface area contributed by atoms with Crippen molar-refractivity contribution in [2.75, 3.05) is 13.3 Å². The van der Waals surface area contributed by atoms with E-state index in [4.69, 9.17) is 0 Å². The fourth-order valence-corrected chi connectivity index (χ4v) is 0.378. The van der Waals surface area contributed by atoms with E-state index in [1.54, 1.807) is 0 Å². The van der Waals surface area contributed by atoms with E-state index in [1.165, 1.54) is 0 Å². The Hall–Kier alpha value is 0.920. The number of halogens is 2. The minimum absolute atomic E-state index is 0. The van der Waals surface area contributed by atoms with Crippen molar-refractivity contribution in [1.82, 2.24) is 0 Å². The molecule has 0 N–H and O–H groups in total. The van der Waals surface area contributed by atoms with Gasteiger partial charge in [-0.25, -0.2) is 13.3 Å². The van der Waals surface area contributed by atoms with Gasteiger partial charge >= 0.3 is 38.2 Å². The third-order valence-electron chi connectivity index (χ3n) is 0.476. The van der Waals surface area contributed by atoms with Crippen LogP contribution < -0.4 is 29.6 Å². The molecule has 9 heavy (non-hydrogen) atoms. The Morgan fingerprint density at radius 2 is 2.33 bits per heavy atom. The second-order valence-corrected chi connectivity index (χ2v) is 1.53. The van der Waals surface area contributed by atoms with Crippen LogP contribution in [0.3, 0.4) is 0 Å². The quantitative estimate of drug-likeness (QED) is 0.380. The Labute approximate surface area is 77.0 Å². The third kappa shape index (κ3) is 8.92. The maximum Gasteiger partial charge on any atom is 1.00 e. The van der Waals surface area contributed by atoms with Crippen LogP contribution in [-0.2, 0) is 9.09 Å². The molecule has 0 aliphatic heterocycles. The molecule has 0 bridgehead atoms. The number of alkyl halides is 2. The first-order valence-corrected chi connectivity index (χ1v) is 2.69. The van der Waals surface area contributed by atoms with Gasteiger partial charge in [0.15, 0.2) is 6.17 Å².